The molecule has 0 radical (unpaired) electrons. The molecule has 0 N–H and O–H groups in total. The molecule has 4 nitrogen and oxygen atoms in total. The Morgan fingerprint density at radius 2 is 1.47 bits per heavy atom. The van der Waals surface area contributed by atoms with E-state index in [4.69, 9.17) is 0 Å². The Morgan fingerprint density at radius 3 is 1.97 bits per heavy atom. The second kappa shape index (κ2) is 9.21. The summed E-state index contributed by atoms with van der Waals surface area (Å²) in [5.41, 5.74) is 3.96. The van der Waals surface area contributed by atoms with Crippen LogP contribution in [0.4, 0.5) is 0 Å². The maximum absolute atomic E-state index is 13.0. The van der Waals surface area contributed by atoms with Crippen molar-refractivity contribution in [2.24, 2.45) is 0 Å². The Kier molecular flexibility index (Phi) is 7.05. The lowest BCUT2D eigenvalue weighted by Crippen LogP contribution is -2.48. The normalized spacial score (nSPS) is 17.8. The zero-order valence-electron chi connectivity index (χ0n) is 19.1. The SMILES string of the molecule is CC[C@H](C)c1ccc(S(=O)(=O)N2CCN(Cc3ccc(C(C)(C)C)cc3)CC2)cc1. The van der Waals surface area contributed by atoms with E-state index >= 15 is 0 Å². The summed E-state index contributed by atoms with van der Waals surface area (Å²) >= 11 is 0. The van der Waals surface area contributed by atoms with E-state index < -0.39 is 10.0 Å². The lowest BCUT2D eigenvalue weighted by Gasteiger charge is -2.34. The van der Waals surface area contributed by atoms with Crippen LogP contribution in [0.15, 0.2) is 53.4 Å². The third kappa shape index (κ3) is 5.32. The van der Waals surface area contributed by atoms with Gasteiger partial charge in [-0.15, -0.1) is 0 Å². The quantitative estimate of drug-likeness (QED) is 0.650. The van der Waals surface area contributed by atoms with Gasteiger partial charge in [-0.05, 0) is 46.6 Å². The molecule has 1 heterocycles. The maximum atomic E-state index is 13.0. The highest BCUT2D eigenvalue weighted by atomic mass is 32.2. The number of hydrogen-bond donors (Lipinski definition) is 0. The molecule has 0 amide bonds. The van der Waals surface area contributed by atoms with Gasteiger partial charge in [0.05, 0.1) is 4.90 Å². The smallest absolute Gasteiger partial charge is 0.243 e. The van der Waals surface area contributed by atoms with Gasteiger partial charge in [-0.2, -0.15) is 4.31 Å². The second-order valence-corrected chi connectivity index (χ2v) is 11.4. The van der Waals surface area contributed by atoms with Crippen molar-refractivity contribution in [1.29, 1.82) is 0 Å². The van der Waals surface area contributed by atoms with Gasteiger partial charge >= 0.3 is 0 Å². The van der Waals surface area contributed by atoms with Gasteiger partial charge in [0.2, 0.25) is 10.0 Å². The minimum atomic E-state index is -3.42. The summed E-state index contributed by atoms with van der Waals surface area (Å²) in [4.78, 5) is 2.74. The summed E-state index contributed by atoms with van der Waals surface area (Å²) in [7, 11) is -3.42. The van der Waals surface area contributed by atoms with E-state index in [1.54, 1.807) is 16.4 Å². The van der Waals surface area contributed by atoms with Gasteiger partial charge in [-0.1, -0.05) is 71.0 Å². The highest BCUT2D eigenvalue weighted by Gasteiger charge is 2.28. The van der Waals surface area contributed by atoms with Crippen molar-refractivity contribution in [1.82, 2.24) is 9.21 Å². The molecule has 3 rings (SSSR count). The minimum Gasteiger partial charge on any atom is -0.296 e. The van der Waals surface area contributed by atoms with Crippen molar-refractivity contribution in [3.63, 3.8) is 0 Å². The van der Waals surface area contributed by atoms with Crippen LogP contribution in [-0.4, -0.2) is 43.8 Å². The first-order valence-electron chi connectivity index (χ1n) is 11.0. The molecule has 0 aliphatic carbocycles. The molecule has 1 atom stereocenters. The fourth-order valence-electron chi connectivity index (χ4n) is 3.85. The Labute approximate surface area is 183 Å². The van der Waals surface area contributed by atoms with Gasteiger partial charge in [0, 0.05) is 32.7 Å². The van der Waals surface area contributed by atoms with Crippen LogP contribution in [0.3, 0.4) is 0 Å². The number of rotatable bonds is 6. The van der Waals surface area contributed by atoms with Crippen LogP contribution in [0, 0.1) is 0 Å². The maximum Gasteiger partial charge on any atom is 0.243 e. The van der Waals surface area contributed by atoms with E-state index in [0.717, 1.165) is 26.1 Å². The second-order valence-electron chi connectivity index (χ2n) is 9.51. The number of sulfonamides is 1. The highest BCUT2D eigenvalue weighted by molar-refractivity contribution is 7.89. The van der Waals surface area contributed by atoms with Crippen molar-refractivity contribution < 1.29 is 8.42 Å². The zero-order valence-corrected chi connectivity index (χ0v) is 19.9. The van der Waals surface area contributed by atoms with Gasteiger partial charge in [0.1, 0.15) is 0 Å². The van der Waals surface area contributed by atoms with E-state index in [9.17, 15) is 8.42 Å². The van der Waals surface area contributed by atoms with E-state index in [2.05, 4.69) is 63.8 Å². The van der Waals surface area contributed by atoms with Gasteiger partial charge in [-0.3, -0.25) is 4.90 Å². The van der Waals surface area contributed by atoms with Crippen LogP contribution in [0.25, 0.3) is 0 Å². The van der Waals surface area contributed by atoms with Gasteiger partial charge in [0.15, 0.2) is 0 Å². The molecular weight excluding hydrogens is 392 g/mol. The summed E-state index contributed by atoms with van der Waals surface area (Å²) in [5.74, 6) is 0.447. The molecule has 0 saturated carbocycles. The van der Waals surface area contributed by atoms with Gasteiger partial charge < -0.3 is 0 Å². The Balaban J connectivity index is 1.59. The van der Waals surface area contributed by atoms with E-state index in [1.165, 1.54) is 16.7 Å². The molecule has 2 aromatic carbocycles. The molecule has 1 fully saturated rings. The van der Waals surface area contributed by atoms with E-state index in [0.29, 0.717) is 23.9 Å². The highest BCUT2D eigenvalue weighted by Crippen LogP contribution is 2.24. The van der Waals surface area contributed by atoms with Crippen LogP contribution >= 0.6 is 0 Å². The van der Waals surface area contributed by atoms with Crippen molar-refractivity contribution >= 4 is 10.0 Å². The minimum absolute atomic E-state index is 0.158. The average Bonchev–Trinajstić information content (AvgIpc) is 2.73. The topological polar surface area (TPSA) is 40.6 Å². The molecule has 1 aliphatic rings. The molecule has 0 unspecified atom stereocenters. The Hall–Kier alpha value is -1.69. The summed E-state index contributed by atoms with van der Waals surface area (Å²) in [6.07, 6.45) is 1.05. The largest absolute Gasteiger partial charge is 0.296 e. The number of hydrogen-bond acceptors (Lipinski definition) is 3. The lowest BCUT2D eigenvalue weighted by atomic mass is 9.87. The summed E-state index contributed by atoms with van der Waals surface area (Å²) in [6.45, 7) is 14.4. The number of piperazine rings is 1. The molecule has 0 bridgehead atoms. The molecule has 5 heteroatoms. The lowest BCUT2D eigenvalue weighted by molar-refractivity contribution is 0.181. The van der Waals surface area contributed by atoms with Crippen LogP contribution in [-0.2, 0) is 22.0 Å². The molecule has 2 aromatic rings. The number of benzene rings is 2. The summed E-state index contributed by atoms with van der Waals surface area (Å²) < 4.78 is 27.7. The molecule has 1 saturated heterocycles. The standard InChI is InChI=1S/C25H36N2O2S/c1-6-20(2)22-9-13-24(14-10-22)30(28,29)27-17-15-26(16-18-27)19-21-7-11-23(12-8-21)25(3,4)5/h7-14,20H,6,15-19H2,1-5H3/t20-/m0/s1. The molecule has 0 aromatic heterocycles. The van der Waals surface area contributed by atoms with Crippen LogP contribution in [0.1, 0.15) is 63.6 Å². The molecular formula is C25H36N2O2S. The van der Waals surface area contributed by atoms with Crippen molar-refractivity contribution in [3.8, 4) is 0 Å². The van der Waals surface area contributed by atoms with E-state index in [-0.39, 0.29) is 5.41 Å². The van der Waals surface area contributed by atoms with Crippen LogP contribution in [0.5, 0.6) is 0 Å². The zero-order chi connectivity index (χ0) is 21.9. The third-order valence-electron chi connectivity index (χ3n) is 6.26. The van der Waals surface area contributed by atoms with E-state index in [1.807, 2.05) is 12.1 Å². The molecule has 0 spiro atoms. The van der Waals surface area contributed by atoms with Crippen LogP contribution in [0.2, 0.25) is 0 Å². The summed E-state index contributed by atoms with van der Waals surface area (Å²) in [5, 5.41) is 0. The fourth-order valence-corrected chi connectivity index (χ4v) is 5.27. The predicted molar refractivity (Wildman–Crippen MR) is 124 cm³/mol. The monoisotopic (exact) mass is 428 g/mol. The average molecular weight is 429 g/mol. The fraction of sp³-hybridized carbons (Fsp3) is 0.520. The first-order valence-corrected chi connectivity index (χ1v) is 12.5. The summed E-state index contributed by atoms with van der Waals surface area (Å²) in [6, 6.07) is 16.3. The molecule has 164 valence electrons. The third-order valence-corrected chi connectivity index (χ3v) is 8.17. The first kappa shape index (κ1) is 23.0. The van der Waals surface area contributed by atoms with Crippen molar-refractivity contribution in [2.45, 2.75) is 63.8 Å². The van der Waals surface area contributed by atoms with Crippen LogP contribution < -0.4 is 0 Å². The predicted octanol–water partition coefficient (Wildman–Crippen LogP) is 5.00. The van der Waals surface area contributed by atoms with Gasteiger partial charge in [-0.25, -0.2) is 8.42 Å². The first-order chi connectivity index (χ1) is 14.1. The molecule has 1 aliphatic heterocycles. The van der Waals surface area contributed by atoms with Crippen molar-refractivity contribution in [3.05, 3.63) is 65.2 Å². The number of nitrogens with zero attached hydrogens (tertiary/aromatic N) is 2. The van der Waals surface area contributed by atoms with Crippen molar-refractivity contribution in [2.75, 3.05) is 26.2 Å². The molecule has 30 heavy (non-hydrogen) atoms. The van der Waals surface area contributed by atoms with Gasteiger partial charge in [0.25, 0.3) is 0 Å². The Bertz CT molecular complexity index is 921. The Morgan fingerprint density at radius 1 is 0.900 bits per heavy atom.